The number of likely N-dealkylation sites (tertiary alicyclic amines) is 2. The number of hydrogen-bond donors (Lipinski definition) is 1. The Balaban J connectivity index is 1.11. The van der Waals surface area contributed by atoms with Crippen molar-refractivity contribution < 1.29 is 4.79 Å². The highest BCUT2D eigenvalue weighted by molar-refractivity contribution is 7.18. The molecule has 0 bridgehead atoms. The molecule has 2 fully saturated rings. The topological polar surface area (TPSA) is 48.5 Å². The van der Waals surface area contributed by atoms with Gasteiger partial charge in [-0.25, -0.2) is 4.98 Å². The molecule has 2 aromatic carbocycles. The molecule has 0 saturated carbocycles. The average molecular weight is 435 g/mol. The number of benzene rings is 2. The van der Waals surface area contributed by atoms with Crippen LogP contribution in [0.15, 0.2) is 54.6 Å². The number of rotatable bonds is 6. The monoisotopic (exact) mass is 434 g/mol. The third kappa shape index (κ3) is 5.14. The fraction of sp³-hybridized carbons (Fsp3) is 0.440. The SMILES string of the molecule is O=C(CN1CCCC(c2nc3ccccc3s2)C1)NC1CCN(Cc2ccccc2)C1. The summed E-state index contributed by atoms with van der Waals surface area (Å²) in [5.74, 6) is 0.600. The van der Waals surface area contributed by atoms with E-state index in [4.69, 9.17) is 4.98 Å². The number of amides is 1. The maximum absolute atomic E-state index is 12.7. The molecule has 5 rings (SSSR count). The Kier molecular flexibility index (Phi) is 6.30. The molecule has 2 aliphatic rings. The van der Waals surface area contributed by atoms with E-state index < -0.39 is 0 Å². The number of fused-ring (bicyclic) bond motifs is 1. The number of nitrogens with one attached hydrogen (secondary N) is 1. The number of hydrogen-bond acceptors (Lipinski definition) is 5. The first-order valence-electron chi connectivity index (χ1n) is 11.4. The first kappa shape index (κ1) is 20.6. The average Bonchev–Trinajstić information content (AvgIpc) is 3.41. The van der Waals surface area contributed by atoms with Crippen molar-refractivity contribution in [3.8, 4) is 0 Å². The van der Waals surface area contributed by atoms with Crippen molar-refractivity contribution >= 4 is 27.5 Å². The molecule has 1 N–H and O–H groups in total. The highest BCUT2D eigenvalue weighted by Gasteiger charge is 2.27. The number of nitrogens with zero attached hydrogens (tertiary/aromatic N) is 3. The van der Waals surface area contributed by atoms with Gasteiger partial charge >= 0.3 is 0 Å². The lowest BCUT2D eigenvalue weighted by Gasteiger charge is -2.31. The lowest BCUT2D eigenvalue weighted by molar-refractivity contribution is -0.123. The minimum atomic E-state index is 0.163. The van der Waals surface area contributed by atoms with Gasteiger partial charge in [-0.3, -0.25) is 14.6 Å². The van der Waals surface area contributed by atoms with E-state index in [1.807, 2.05) is 17.4 Å². The zero-order valence-corrected chi connectivity index (χ0v) is 18.7. The molecule has 5 nitrogen and oxygen atoms in total. The molecule has 0 aliphatic carbocycles. The van der Waals surface area contributed by atoms with Crippen LogP contribution in [0.3, 0.4) is 0 Å². The number of aromatic nitrogens is 1. The van der Waals surface area contributed by atoms with Crippen LogP contribution in [0.4, 0.5) is 0 Å². The van der Waals surface area contributed by atoms with E-state index in [2.05, 4.69) is 63.6 Å². The summed E-state index contributed by atoms with van der Waals surface area (Å²) in [5, 5.41) is 4.50. The van der Waals surface area contributed by atoms with Crippen molar-refractivity contribution in [3.63, 3.8) is 0 Å². The van der Waals surface area contributed by atoms with Crippen molar-refractivity contribution in [1.82, 2.24) is 20.1 Å². The van der Waals surface area contributed by atoms with E-state index in [-0.39, 0.29) is 11.9 Å². The number of para-hydroxylation sites is 1. The standard InChI is InChI=1S/C25H30N4OS/c30-24(26-21-12-14-29(17-21)15-19-7-2-1-3-8-19)18-28-13-6-9-20(16-28)25-27-22-10-4-5-11-23(22)31-25/h1-5,7-8,10-11,20-21H,6,9,12-18H2,(H,26,30). The van der Waals surface area contributed by atoms with Gasteiger partial charge in [-0.05, 0) is 43.5 Å². The van der Waals surface area contributed by atoms with Crippen molar-refractivity contribution in [2.45, 2.75) is 37.8 Å². The van der Waals surface area contributed by atoms with Crippen molar-refractivity contribution in [1.29, 1.82) is 0 Å². The molecule has 2 saturated heterocycles. The lowest BCUT2D eigenvalue weighted by Crippen LogP contribution is -2.45. The molecule has 2 unspecified atom stereocenters. The molecular weight excluding hydrogens is 404 g/mol. The lowest BCUT2D eigenvalue weighted by atomic mass is 9.99. The fourth-order valence-electron chi connectivity index (χ4n) is 4.88. The van der Waals surface area contributed by atoms with E-state index in [9.17, 15) is 4.79 Å². The number of carbonyl (C=O) groups excluding carboxylic acids is 1. The predicted molar refractivity (Wildman–Crippen MR) is 126 cm³/mol. The fourth-order valence-corrected chi connectivity index (χ4v) is 5.97. The normalized spacial score (nSPS) is 22.7. The van der Waals surface area contributed by atoms with Crippen LogP contribution in [-0.4, -0.2) is 59.5 Å². The molecule has 31 heavy (non-hydrogen) atoms. The Morgan fingerprint density at radius 1 is 1.00 bits per heavy atom. The van der Waals surface area contributed by atoms with E-state index in [1.54, 1.807) is 0 Å². The summed E-state index contributed by atoms with van der Waals surface area (Å²) in [6.07, 6.45) is 3.32. The highest BCUT2D eigenvalue weighted by atomic mass is 32.1. The molecule has 2 atom stereocenters. The summed E-state index contributed by atoms with van der Waals surface area (Å²) < 4.78 is 1.26. The number of carbonyl (C=O) groups is 1. The van der Waals surface area contributed by atoms with Gasteiger partial charge in [0.1, 0.15) is 0 Å². The second kappa shape index (κ2) is 9.47. The van der Waals surface area contributed by atoms with Crippen molar-refractivity contribution in [2.24, 2.45) is 0 Å². The summed E-state index contributed by atoms with van der Waals surface area (Å²) in [5.41, 5.74) is 2.43. The van der Waals surface area contributed by atoms with Crippen LogP contribution in [0.25, 0.3) is 10.2 Å². The van der Waals surface area contributed by atoms with Crippen LogP contribution in [0.2, 0.25) is 0 Å². The second-order valence-electron chi connectivity index (χ2n) is 8.87. The van der Waals surface area contributed by atoms with E-state index in [1.165, 1.54) is 15.3 Å². The molecule has 2 aliphatic heterocycles. The van der Waals surface area contributed by atoms with E-state index in [0.29, 0.717) is 12.5 Å². The quantitative estimate of drug-likeness (QED) is 0.640. The van der Waals surface area contributed by atoms with Crippen molar-refractivity contribution in [3.05, 3.63) is 65.2 Å². The van der Waals surface area contributed by atoms with Crippen LogP contribution in [0, 0.1) is 0 Å². The summed E-state index contributed by atoms with van der Waals surface area (Å²) in [6, 6.07) is 19.2. The van der Waals surface area contributed by atoms with E-state index >= 15 is 0 Å². The van der Waals surface area contributed by atoms with Crippen LogP contribution >= 0.6 is 11.3 Å². The second-order valence-corrected chi connectivity index (χ2v) is 9.93. The van der Waals surface area contributed by atoms with Crippen LogP contribution < -0.4 is 5.32 Å². The zero-order valence-electron chi connectivity index (χ0n) is 17.9. The first-order valence-corrected chi connectivity index (χ1v) is 12.2. The van der Waals surface area contributed by atoms with Gasteiger partial charge in [0.05, 0.1) is 21.8 Å². The van der Waals surface area contributed by atoms with Gasteiger partial charge < -0.3 is 5.32 Å². The molecule has 3 aromatic rings. The minimum Gasteiger partial charge on any atom is -0.351 e. The van der Waals surface area contributed by atoms with Gasteiger partial charge in [0.2, 0.25) is 5.91 Å². The summed E-state index contributed by atoms with van der Waals surface area (Å²) in [7, 11) is 0. The largest absolute Gasteiger partial charge is 0.351 e. The first-order chi connectivity index (χ1) is 15.2. The number of piperidine rings is 1. The van der Waals surface area contributed by atoms with E-state index in [0.717, 1.165) is 57.5 Å². The summed E-state index contributed by atoms with van der Waals surface area (Å²) >= 11 is 1.81. The van der Waals surface area contributed by atoms with Gasteiger partial charge in [0.25, 0.3) is 0 Å². The molecule has 162 valence electrons. The molecule has 1 aromatic heterocycles. The van der Waals surface area contributed by atoms with Gasteiger partial charge in [0, 0.05) is 38.1 Å². The van der Waals surface area contributed by atoms with Gasteiger partial charge in [0.15, 0.2) is 0 Å². The Morgan fingerprint density at radius 2 is 1.84 bits per heavy atom. The Hall–Kier alpha value is -2.28. The predicted octanol–water partition coefficient (Wildman–Crippen LogP) is 3.87. The minimum absolute atomic E-state index is 0.163. The molecule has 0 radical (unpaired) electrons. The number of thiazole rings is 1. The maximum atomic E-state index is 12.7. The molecule has 6 heteroatoms. The van der Waals surface area contributed by atoms with Crippen LogP contribution in [0.1, 0.15) is 35.8 Å². The molecular formula is C25H30N4OS. The van der Waals surface area contributed by atoms with Gasteiger partial charge in [-0.1, -0.05) is 42.5 Å². The van der Waals surface area contributed by atoms with Crippen LogP contribution in [0.5, 0.6) is 0 Å². The summed E-state index contributed by atoms with van der Waals surface area (Å²) in [4.78, 5) is 22.3. The van der Waals surface area contributed by atoms with Gasteiger partial charge in [-0.2, -0.15) is 0 Å². The Bertz CT molecular complexity index is 988. The zero-order chi connectivity index (χ0) is 21.0. The van der Waals surface area contributed by atoms with Crippen LogP contribution in [-0.2, 0) is 11.3 Å². The Morgan fingerprint density at radius 3 is 2.71 bits per heavy atom. The highest BCUT2D eigenvalue weighted by Crippen LogP contribution is 2.32. The third-order valence-corrected chi connectivity index (χ3v) is 7.62. The van der Waals surface area contributed by atoms with Gasteiger partial charge in [-0.15, -0.1) is 11.3 Å². The third-order valence-electron chi connectivity index (χ3n) is 6.42. The Labute approximate surface area is 188 Å². The summed E-state index contributed by atoms with van der Waals surface area (Å²) in [6.45, 7) is 5.37. The van der Waals surface area contributed by atoms with Crippen molar-refractivity contribution in [2.75, 3.05) is 32.7 Å². The molecule has 0 spiro atoms. The smallest absolute Gasteiger partial charge is 0.234 e. The maximum Gasteiger partial charge on any atom is 0.234 e. The molecule has 1 amide bonds. The molecule has 3 heterocycles.